The van der Waals surface area contributed by atoms with Crippen molar-refractivity contribution in [2.45, 2.75) is 13.0 Å². The van der Waals surface area contributed by atoms with E-state index in [0.29, 0.717) is 36.8 Å². The third kappa shape index (κ3) is 5.06. The SMILES string of the molecule is CC(NC(=O)c1cccc(Cl)c1Cl)C(=O)N1CCN(C(=O)c2cccc(Cl)c2)CC1. The topological polar surface area (TPSA) is 69.7 Å². The molecule has 2 aromatic rings. The molecule has 1 atom stereocenters. The number of amides is 3. The third-order valence-corrected chi connectivity index (χ3v) is 5.92. The number of rotatable bonds is 4. The molecule has 1 fully saturated rings. The van der Waals surface area contributed by atoms with E-state index >= 15 is 0 Å². The van der Waals surface area contributed by atoms with Crippen LogP contribution in [0.5, 0.6) is 0 Å². The van der Waals surface area contributed by atoms with Crippen molar-refractivity contribution in [2.24, 2.45) is 0 Å². The largest absolute Gasteiger partial charge is 0.340 e. The quantitative estimate of drug-likeness (QED) is 0.743. The molecule has 9 heteroatoms. The molecule has 2 aromatic carbocycles. The fourth-order valence-corrected chi connectivity index (χ4v) is 3.80. The van der Waals surface area contributed by atoms with Gasteiger partial charge in [-0.15, -0.1) is 0 Å². The molecule has 6 nitrogen and oxygen atoms in total. The summed E-state index contributed by atoms with van der Waals surface area (Å²) in [7, 11) is 0. The van der Waals surface area contributed by atoms with Gasteiger partial charge in [-0.1, -0.05) is 46.9 Å². The van der Waals surface area contributed by atoms with Crippen LogP contribution in [0, 0.1) is 0 Å². The van der Waals surface area contributed by atoms with Crippen molar-refractivity contribution in [1.29, 1.82) is 0 Å². The Kier molecular flexibility index (Phi) is 7.23. The van der Waals surface area contributed by atoms with E-state index in [1.165, 1.54) is 0 Å². The van der Waals surface area contributed by atoms with Gasteiger partial charge in [-0.3, -0.25) is 14.4 Å². The number of benzene rings is 2. The average molecular weight is 469 g/mol. The van der Waals surface area contributed by atoms with Crippen LogP contribution in [0.15, 0.2) is 42.5 Å². The van der Waals surface area contributed by atoms with E-state index in [9.17, 15) is 14.4 Å². The Bertz CT molecular complexity index is 975. The summed E-state index contributed by atoms with van der Waals surface area (Å²) in [5.74, 6) is -0.823. The number of piperazine rings is 1. The first-order valence-electron chi connectivity index (χ1n) is 9.36. The molecule has 0 aliphatic carbocycles. The molecule has 1 N–H and O–H groups in total. The van der Waals surface area contributed by atoms with Crippen LogP contribution in [0.2, 0.25) is 15.1 Å². The molecule has 3 amide bonds. The van der Waals surface area contributed by atoms with Gasteiger partial charge in [0, 0.05) is 36.8 Å². The van der Waals surface area contributed by atoms with Crippen LogP contribution >= 0.6 is 34.8 Å². The molecule has 1 aliphatic rings. The number of hydrogen-bond donors (Lipinski definition) is 1. The van der Waals surface area contributed by atoms with Crippen molar-refractivity contribution in [2.75, 3.05) is 26.2 Å². The normalized spacial score (nSPS) is 14.9. The number of nitrogens with zero attached hydrogens (tertiary/aromatic N) is 2. The van der Waals surface area contributed by atoms with Crippen LogP contribution in [0.3, 0.4) is 0 Å². The molecule has 3 rings (SSSR count). The van der Waals surface area contributed by atoms with Gasteiger partial charge in [-0.25, -0.2) is 0 Å². The zero-order valence-electron chi connectivity index (χ0n) is 16.2. The fraction of sp³-hybridized carbons (Fsp3) is 0.286. The molecule has 0 spiro atoms. The second-order valence-electron chi connectivity index (χ2n) is 6.92. The predicted octanol–water partition coefficient (Wildman–Crippen LogP) is 3.75. The second-order valence-corrected chi connectivity index (χ2v) is 8.15. The molecule has 0 aromatic heterocycles. The Labute approximate surface area is 189 Å². The second kappa shape index (κ2) is 9.69. The molecule has 1 saturated heterocycles. The molecular weight excluding hydrogens is 449 g/mol. The summed E-state index contributed by atoms with van der Waals surface area (Å²) in [5.41, 5.74) is 0.724. The van der Waals surface area contributed by atoms with Gasteiger partial charge in [0.15, 0.2) is 0 Å². The van der Waals surface area contributed by atoms with Crippen LogP contribution in [0.25, 0.3) is 0 Å². The maximum atomic E-state index is 12.7. The number of carbonyl (C=O) groups excluding carboxylic acids is 3. The summed E-state index contributed by atoms with van der Waals surface area (Å²) in [4.78, 5) is 41.1. The maximum absolute atomic E-state index is 12.7. The summed E-state index contributed by atoms with van der Waals surface area (Å²) in [6, 6.07) is 10.8. The van der Waals surface area contributed by atoms with Crippen LogP contribution in [0.4, 0.5) is 0 Å². The van der Waals surface area contributed by atoms with Crippen molar-refractivity contribution < 1.29 is 14.4 Å². The molecule has 1 aliphatic heterocycles. The summed E-state index contributed by atoms with van der Waals surface area (Å²) in [6.45, 7) is 3.17. The minimum Gasteiger partial charge on any atom is -0.340 e. The van der Waals surface area contributed by atoms with Crippen molar-refractivity contribution in [3.8, 4) is 0 Å². The highest BCUT2D eigenvalue weighted by Gasteiger charge is 2.28. The van der Waals surface area contributed by atoms with Gasteiger partial charge < -0.3 is 15.1 Å². The summed E-state index contributed by atoms with van der Waals surface area (Å²) < 4.78 is 0. The lowest BCUT2D eigenvalue weighted by Crippen LogP contribution is -2.55. The molecule has 158 valence electrons. The first kappa shape index (κ1) is 22.4. The van der Waals surface area contributed by atoms with Crippen LogP contribution < -0.4 is 5.32 Å². The molecule has 1 unspecified atom stereocenters. The van der Waals surface area contributed by atoms with Crippen LogP contribution in [-0.2, 0) is 4.79 Å². The molecule has 1 heterocycles. The number of nitrogens with one attached hydrogen (secondary N) is 1. The van der Waals surface area contributed by atoms with Crippen molar-refractivity contribution in [1.82, 2.24) is 15.1 Å². The van der Waals surface area contributed by atoms with Gasteiger partial charge in [0.05, 0.1) is 15.6 Å². The van der Waals surface area contributed by atoms with Gasteiger partial charge in [0.2, 0.25) is 5.91 Å². The Balaban J connectivity index is 1.56. The highest BCUT2D eigenvalue weighted by molar-refractivity contribution is 6.43. The smallest absolute Gasteiger partial charge is 0.254 e. The minimum absolute atomic E-state index is 0.124. The van der Waals surface area contributed by atoms with Gasteiger partial charge in [0.1, 0.15) is 6.04 Å². The van der Waals surface area contributed by atoms with Gasteiger partial charge >= 0.3 is 0 Å². The molecule has 0 saturated carbocycles. The molecule has 0 bridgehead atoms. The van der Waals surface area contributed by atoms with Gasteiger partial charge in [-0.05, 0) is 37.3 Å². The standard InChI is InChI=1S/C21H20Cl3N3O3/c1-13(25-19(28)16-6-3-7-17(23)18(16)24)20(29)26-8-10-27(11-9-26)21(30)14-4-2-5-15(22)12-14/h2-7,12-13H,8-11H2,1H3,(H,25,28). The Morgan fingerprint density at radius 1 is 0.933 bits per heavy atom. The minimum atomic E-state index is -0.747. The number of halogens is 3. The molecule has 30 heavy (non-hydrogen) atoms. The van der Waals surface area contributed by atoms with E-state index < -0.39 is 11.9 Å². The van der Waals surface area contributed by atoms with Crippen molar-refractivity contribution in [3.05, 3.63) is 68.7 Å². The van der Waals surface area contributed by atoms with Crippen LogP contribution in [0.1, 0.15) is 27.6 Å². The van der Waals surface area contributed by atoms with E-state index in [-0.39, 0.29) is 27.4 Å². The average Bonchev–Trinajstić information content (AvgIpc) is 2.74. The van der Waals surface area contributed by atoms with Gasteiger partial charge in [-0.2, -0.15) is 0 Å². The Morgan fingerprint density at radius 2 is 1.57 bits per heavy atom. The maximum Gasteiger partial charge on any atom is 0.254 e. The highest BCUT2D eigenvalue weighted by Crippen LogP contribution is 2.25. The third-order valence-electron chi connectivity index (χ3n) is 4.86. The van der Waals surface area contributed by atoms with E-state index in [0.717, 1.165) is 0 Å². The van der Waals surface area contributed by atoms with Crippen LogP contribution in [-0.4, -0.2) is 59.7 Å². The molecular formula is C21H20Cl3N3O3. The number of carbonyl (C=O) groups is 3. The highest BCUT2D eigenvalue weighted by atomic mass is 35.5. The predicted molar refractivity (Wildman–Crippen MR) is 117 cm³/mol. The lowest BCUT2D eigenvalue weighted by molar-refractivity contribution is -0.134. The summed E-state index contributed by atoms with van der Waals surface area (Å²) in [5, 5.41) is 3.57. The zero-order chi connectivity index (χ0) is 21.8. The summed E-state index contributed by atoms with van der Waals surface area (Å²) in [6.07, 6.45) is 0. The van der Waals surface area contributed by atoms with Gasteiger partial charge in [0.25, 0.3) is 11.8 Å². The first-order chi connectivity index (χ1) is 14.3. The summed E-state index contributed by atoms with van der Waals surface area (Å²) >= 11 is 18.0. The lowest BCUT2D eigenvalue weighted by Gasteiger charge is -2.36. The number of hydrogen-bond acceptors (Lipinski definition) is 3. The Hall–Kier alpha value is -2.28. The zero-order valence-corrected chi connectivity index (χ0v) is 18.5. The van der Waals surface area contributed by atoms with Crippen molar-refractivity contribution in [3.63, 3.8) is 0 Å². The lowest BCUT2D eigenvalue weighted by atomic mass is 10.1. The monoisotopic (exact) mass is 467 g/mol. The first-order valence-corrected chi connectivity index (χ1v) is 10.5. The Morgan fingerprint density at radius 3 is 2.23 bits per heavy atom. The van der Waals surface area contributed by atoms with Crippen molar-refractivity contribution >= 4 is 52.5 Å². The van der Waals surface area contributed by atoms with E-state index in [4.69, 9.17) is 34.8 Å². The fourth-order valence-electron chi connectivity index (χ4n) is 3.22. The molecule has 0 radical (unpaired) electrons. The van der Waals surface area contributed by atoms with E-state index in [2.05, 4.69) is 5.32 Å². The van der Waals surface area contributed by atoms with E-state index in [1.54, 1.807) is 59.2 Å². The van der Waals surface area contributed by atoms with E-state index in [1.807, 2.05) is 0 Å².